The normalized spacial score (nSPS) is 43.5. The number of hydrogen-bond donors (Lipinski definition) is 0. The van der Waals surface area contributed by atoms with Gasteiger partial charge in [0, 0.05) is 18.9 Å². The van der Waals surface area contributed by atoms with Gasteiger partial charge in [0.15, 0.2) is 0 Å². The van der Waals surface area contributed by atoms with Gasteiger partial charge in [-0.05, 0) is 12.3 Å². The highest BCUT2D eigenvalue weighted by Gasteiger charge is 2.42. The third-order valence-corrected chi connectivity index (χ3v) is 3.98. The quantitative estimate of drug-likeness (QED) is 0.496. The summed E-state index contributed by atoms with van der Waals surface area (Å²) in [5.74, 6) is 2.34. The lowest BCUT2D eigenvalue weighted by Gasteiger charge is -2.39. The maximum atomic E-state index is 5.53. The van der Waals surface area contributed by atoms with Crippen molar-refractivity contribution in [3.8, 4) is 0 Å². The molecule has 0 amide bonds. The molecule has 0 bridgehead atoms. The Morgan fingerprint density at radius 2 is 2.21 bits per heavy atom. The molecule has 0 saturated heterocycles. The number of hydrogen-bond acceptors (Lipinski definition) is 1. The zero-order valence-electron chi connectivity index (χ0n) is 9.70. The van der Waals surface area contributed by atoms with Crippen LogP contribution >= 0.6 is 0 Å². The molecule has 1 fully saturated rings. The third-order valence-electron chi connectivity index (χ3n) is 3.98. The zero-order chi connectivity index (χ0) is 10.7. The summed E-state index contributed by atoms with van der Waals surface area (Å²) in [5, 5.41) is 0. The van der Waals surface area contributed by atoms with E-state index < -0.39 is 0 Å². The van der Waals surface area contributed by atoms with Gasteiger partial charge < -0.3 is 4.74 Å². The van der Waals surface area contributed by atoms with Gasteiger partial charge in [-0.2, -0.15) is 0 Å². The van der Waals surface area contributed by atoms with E-state index in [0.29, 0.717) is 23.9 Å². The summed E-state index contributed by atoms with van der Waals surface area (Å²) in [5.41, 5.74) is 0. The molecule has 1 heteroatoms. The van der Waals surface area contributed by atoms with E-state index in [1.807, 2.05) is 6.08 Å². The van der Waals surface area contributed by atoms with Crippen molar-refractivity contribution in [1.29, 1.82) is 0 Å². The first-order valence-corrected chi connectivity index (χ1v) is 5.64. The van der Waals surface area contributed by atoms with Gasteiger partial charge in [-0.3, -0.25) is 0 Å². The lowest BCUT2D eigenvalue weighted by atomic mass is 9.66. The van der Waals surface area contributed by atoms with Crippen LogP contribution in [-0.4, -0.2) is 13.2 Å². The van der Waals surface area contributed by atoms with Crippen LogP contribution in [0.25, 0.3) is 0 Å². The van der Waals surface area contributed by atoms with Crippen molar-refractivity contribution < 1.29 is 4.74 Å². The standard InChI is InChI=1S/C13H23O/c1-6-11-8-13(14-5)12(7-2)10(4)9(11)3/h7,9-13H,2,4,6,8H2,1,3,5H3/q+1/t9?,10-,11?,12?,13?/m0/s1. The number of methoxy groups -OCH3 is 1. The maximum absolute atomic E-state index is 5.53. The maximum Gasteiger partial charge on any atom is 0.107 e. The van der Waals surface area contributed by atoms with Crippen molar-refractivity contribution in [2.75, 3.05) is 7.11 Å². The number of rotatable bonds is 3. The lowest BCUT2D eigenvalue weighted by molar-refractivity contribution is -0.0207. The minimum absolute atomic E-state index is 0.330. The summed E-state index contributed by atoms with van der Waals surface area (Å²) < 4.78 is 5.53. The lowest BCUT2D eigenvalue weighted by Crippen LogP contribution is -2.40. The Morgan fingerprint density at radius 1 is 1.57 bits per heavy atom. The molecule has 1 saturated carbocycles. The summed E-state index contributed by atoms with van der Waals surface area (Å²) in [6, 6.07) is 0. The minimum Gasteiger partial charge on any atom is -0.381 e. The van der Waals surface area contributed by atoms with Crippen molar-refractivity contribution in [2.24, 2.45) is 23.7 Å². The topological polar surface area (TPSA) is 9.23 Å². The number of ether oxygens (including phenoxy) is 1. The van der Waals surface area contributed by atoms with E-state index in [4.69, 9.17) is 4.74 Å². The van der Waals surface area contributed by atoms with Crippen LogP contribution in [0.15, 0.2) is 12.7 Å². The van der Waals surface area contributed by atoms with Crippen LogP contribution in [0.4, 0.5) is 0 Å². The predicted octanol–water partition coefficient (Wildman–Crippen LogP) is 3.32. The van der Waals surface area contributed by atoms with E-state index in [1.165, 1.54) is 6.42 Å². The first-order chi connectivity index (χ1) is 6.65. The molecule has 1 nitrogen and oxygen atoms in total. The summed E-state index contributed by atoms with van der Waals surface area (Å²) in [6.45, 7) is 12.7. The monoisotopic (exact) mass is 195 g/mol. The second-order valence-electron chi connectivity index (χ2n) is 4.51. The van der Waals surface area contributed by atoms with Gasteiger partial charge in [-0.1, -0.05) is 26.3 Å². The van der Waals surface area contributed by atoms with Crippen molar-refractivity contribution >= 4 is 0 Å². The average Bonchev–Trinajstić information content (AvgIpc) is 2.21. The molecule has 0 aliphatic heterocycles. The fraction of sp³-hybridized carbons (Fsp3) is 0.769. The highest BCUT2D eigenvalue weighted by atomic mass is 16.5. The molecule has 0 aromatic carbocycles. The zero-order valence-corrected chi connectivity index (χ0v) is 9.70. The van der Waals surface area contributed by atoms with E-state index in [2.05, 4.69) is 27.4 Å². The van der Waals surface area contributed by atoms with E-state index in [-0.39, 0.29) is 0 Å². The van der Waals surface area contributed by atoms with E-state index in [9.17, 15) is 0 Å². The molecular formula is C13H23O+. The van der Waals surface area contributed by atoms with Gasteiger partial charge in [0.2, 0.25) is 0 Å². The Labute approximate surface area is 88.5 Å². The molecular weight excluding hydrogens is 172 g/mol. The van der Waals surface area contributed by atoms with Crippen LogP contribution in [0.3, 0.4) is 0 Å². The largest absolute Gasteiger partial charge is 0.381 e. The van der Waals surface area contributed by atoms with E-state index >= 15 is 0 Å². The summed E-state index contributed by atoms with van der Waals surface area (Å²) in [6.07, 6.45) is 4.75. The summed E-state index contributed by atoms with van der Waals surface area (Å²) >= 11 is 0. The molecule has 4 unspecified atom stereocenters. The molecule has 80 valence electrons. The Bertz CT molecular complexity index is 186. The van der Waals surface area contributed by atoms with Crippen LogP contribution in [0.5, 0.6) is 0 Å². The highest BCUT2D eigenvalue weighted by molar-refractivity contribution is 4.99. The Balaban J connectivity index is 2.76. The fourth-order valence-corrected chi connectivity index (χ4v) is 2.76. The molecule has 1 rings (SSSR count). The van der Waals surface area contributed by atoms with Crippen LogP contribution in [0, 0.1) is 30.6 Å². The van der Waals surface area contributed by atoms with Crippen molar-refractivity contribution in [2.45, 2.75) is 32.8 Å². The predicted molar refractivity (Wildman–Crippen MR) is 60.9 cm³/mol. The molecule has 0 radical (unpaired) electrons. The molecule has 0 heterocycles. The first-order valence-electron chi connectivity index (χ1n) is 5.64. The van der Waals surface area contributed by atoms with Crippen LogP contribution in [-0.2, 0) is 4.74 Å². The van der Waals surface area contributed by atoms with Crippen molar-refractivity contribution in [3.05, 3.63) is 19.6 Å². The third kappa shape index (κ3) is 1.98. The van der Waals surface area contributed by atoms with Gasteiger partial charge >= 0.3 is 0 Å². The summed E-state index contributed by atoms with van der Waals surface area (Å²) in [7, 11) is 1.80. The second-order valence-corrected chi connectivity index (χ2v) is 4.51. The van der Waals surface area contributed by atoms with Gasteiger partial charge in [-0.15, -0.1) is 6.58 Å². The Kier molecular flexibility index (Phi) is 4.06. The van der Waals surface area contributed by atoms with Crippen LogP contribution < -0.4 is 0 Å². The molecule has 0 spiro atoms. The summed E-state index contributed by atoms with van der Waals surface area (Å²) in [4.78, 5) is 0. The Morgan fingerprint density at radius 3 is 2.64 bits per heavy atom. The van der Waals surface area contributed by atoms with E-state index in [1.54, 1.807) is 7.11 Å². The first kappa shape index (κ1) is 11.6. The molecule has 0 N–H and O–H groups in total. The van der Waals surface area contributed by atoms with Gasteiger partial charge in [0.05, 0.1) is 13.0 Å². The fourth-order valence-electron chi connectivity index (χ4n) is 2.76. The molecule has 14 heavy (non-hydrogen) atoms. The molecule has 0 aromatic rings. The van der Waals surface area contributed by atoms with Gasteiger partial charge in [-0.25, -0.2) is 0 Å². The average molecular weight is 195 g/mol. The van der Waals surface area contributed by atoms with Gasteiger partial charge in [0.1, 0.15) is 5.92 Å². The van der Waals surface area contributed by atoms with Crippen LogP contribution in [0.1, 0.15) is 26.7 Å². The molecule has 1 aliphatic rings. The second kappa shape index (κ2) is 4.88. The minimum atomic E-state index is 0.330. The molecule has 5 atom stereocenters. The van der Waals surface area contributed by atoms with E-state index in [0.717, 1.165) is 12.3 Å². The molecule has 0 aromatic heterocycles. The van der Waals surface area contributed by atoms with Crippen molar-refractivity contribution in [1.82, 2.24) is 0 Å². The van der Waals surface area contributed by atoms with Gasteiger partial charge in [0.25, 0.3) is 0 Å². The SMILES string of the molecule is C=CC1C(OC)CC(CC)C(C)[C@@H]1[CH2+]. The smallest absolute Gasteiger partial charge is 0.107 e. The molecule has 1 aliphatic carbocycles. The van der Waals surface area contributed by atoms with Crippen molar-refractivity contribution in [3.63, 3.8) is 0 Å². The Hall–Kier alpha value is -0.430. The highest BCUT2D eigenvalue weighted by Crippen LogP contribution is 2.41. The van der Waals surface area contributed by atoms with Crippen LogP contribution in [0.2, 0.25) is 0 Å².